The van der Waals surface area contributed by atoms with E-state index in [0.717, 1.165) is 0 Å². The van der Waals surface area contributed by atoms with Crippen LogP contribution in [0.3, 0.4) is 0 Å². The van der Waals surface area contributed by atoms with Gasteiger partial charge in [-0.05, 0) is 24.3 Å². The molecular weight excluding hydrogens is 374 g/mol. The first-order valence-corrected chi connectivity index (χ1v) is 9.30. The maximum Gasteiger partial charge on any atom is 0.267 e. The lowest BCUT2D eigenvalue weighted by molar-refractivity contribution is -0.142. The smallest absolute Gasteiger partial charge is 0.267 e. The van der Waals surface area contributed by atoms with Crippen molar-refractivity contribution in [2.75, 3.05) is 26.9 Å². The van der Waals surface area contributed by atoms with Crippen LogP contribution in [0.5, 0.6) is 11.5 Å². The molecule has 0 fully saturated rings. The highest BCUT2D eigenvalue weighted by atomic mass is 16.6. The molecule has 0 spiro atoms. The molecule has 0 saturated carbocycles. The van der Waals surface area contributed by atoms with E-state index in [1.54, 1.807) is 42.3 Å². The second-order valence-corrected chi connectivity index (χ2v) is 6.65. The van der Waals surface area contributed by atoms with E-state index in [-0.39, 0.29) is 24.6 Å². The molecule has 8 nitrogen and oxygen atoms in total. The van der Waals surface area contributed by atoms with Crippen molar-refractivity contribution in [3.63, 3.8) is 0 Å². The Balaban J connectivity index is 1.56. The second kappa shape index (κ2) is 8.32. The first kappa shape index (κ1) is 18.9. The van der Waals surface area contributed by atoms with E-state index >= 15 is 0 Å². The van der Waals surface area contributed by atoms with Crippen molar-refractivity contribution in [3.05, 3.63) is 64.7 Å². The van der Waals surface area contributed by atoms with Crippen LogP contribution in [-0.2, 0) is 16.1 Å². The number of carbonyl (C=O) groups is 1. The van der Waals surface area contributed by atoms with Crippen molar-refractivity contribution in [2.45, 2.75) is 12.6 Å². The van der Waals surface area contributed by atoms with E-state index in [4.69, 9.17) is 14.2 Å². The molecule has 1 amide bonds. The quantitative estimate of drug-likeness (QED) is 0.683. The summed E-state index contributed by atoms with van der Waals surface area (Å²) in [6.07, 6.45) is -0.783. The molecule has 0 radical (unpaired) electrons. The maximum atomic E-state index is 13.1. The average molecular weight is 395 g/mol. The molecule has 1 atom stereocenters. The summed E-state index contributed by atoms with van der Waals surface area (Å²) >= 11 is 0. The number of ether oxygens (including phenoxy) is 3. The zero-order valence-corrected chi connectivity index (χ0v) is 16.0. The zero-order chi connectivity index (χ0) is 20.2. The molecule has 0 aliphatic carbocycles. The van der Waals surface area contributed by atoms with Gasteiger partial charge in [-0.15, -0.1) is 0 Å². The fourth-order valence-electron chi connectivity index (χ4n) is 3.20. The lowest BCUT2D eigenvalue weighted by Gasteiger charge is -2.30. The summed E-state index contributed by atoms with van der Waals surface area (Å²) in [5.74, 6) is 1.28. The number of fused-ring (bicyclic) bond motifs is 2. The number of benzene rings is 2. The standard InChI is InChI=1S/C21H21N3O5/c1-27-11-10-24(12-19-22-15-7-3-2-6-14(15)20(25)23-19)21(26)18-13-28-16-8-4-5-9-17(16)29-18/h2-9,18H,10-13H2,1H3,(H,22,23,25). The predicted molar refractivity (Wildman–Crippen MR) is 106 cm³/mol. The summed E-state index contributed by atoms with van der Waals surface area (Å²) in [5, 5.41) is 0.506. The third-order valence-electron chi connectivity index (χ3n) is 4.66. The van der Waals surface area contributed by atoms with E-state index in [9.17, 15) is 9.59 Å². The third-order valence-corrected chi connectivity index (χ3v) is 4.66. The SMILES string of the molecule is COCCN(Cc1nc2ccccc2c(=O)[nH]1)C(=O)C1COc2ccccc2O1. The number of carbonyl (C=O) groups excluding carboxylic acids is 1. The summed E-state index contributed by atoms with van der Waals surface area (Å²) in [6, 6.07) is 14.3. The maximum absolute atomic E-state index is 13.1. The highest BCUT2D eigenvalue weighted by Gasteiger charge is 2.31. The molecule has 8 heteroatoms. The minimum Gasteiger partial charge on any atom is -0.485 e. The number of H-pyrrole nitrogens is 1. The average Bonchev–Trinajstić information content (AvgIpc) is 2.76. The number of hydrogen-bond acceptors (Lipinski definition) is 6. The Labute approximate surface area is 167 Å². The van der Waals surface area contributed by atoms with Crippen molar-refractivity contribution in [1.29, 1.82) is 0 Å². The molecule has 1 N–H and O–H groups in total. The summed E-state index contributed by atoms with van der Waals surface area (Å²) in [6.45, 7) is 0.909. The predicted octanol–water partition coefficient (Wildman–Crippen LogP) is 1.74. The molecule has 0 bridgehead atoms. The van der Waals surface area contributed by atoms with Crippen molar-refractivity contribution < 1.29 is 19.0 Å². The van der Waals surface area contributed by atoms with Crippen molar-refractivity contribution in [1.82, 2.24) is 14.9 Å². The number of nitrogens with zero attached hydrogens (tertiary/aromatic N) is 2. The largest absolute Gasteiger partial charge is 0.485 e. The van der Waals surface area contributed by atoms with Crippen LogP contribution in [0, 0.1) is 0 Å². The topological polar surface area (TPSA) is 93.8 Å². The van der Waals surface area contributed by atoms with Gasteiger partial charge in [0.2, 0.25) is 6.10 Å². The van der Waals surface area contributed by atoms with Crippen molar-refractivity contribution in [3.8, 4) is 11.5 Å². The Bertz CT molecular complexity index is 1080. The molecule has 2 aromatic carbocycles. The van der Waals surface area contributed by atoms with Crippen LogP contribution in [0.25, 0.3) is 10.9 Å². The molecule has 1 aromatic heterocycles. The summed E-state index contributed by atoms with van der Waals surface area (Å²) in [5.41, 5.74) is 0.340. The number of methoxy groups -OCH3 is 1. The van der Waals surface area contributed by atoms with E-state index < -0.39 is 6.10 Å². The lowest BCUT2D eigenvalue weighted by atomic mass is 10.2. The molecular formula is C21H21N3O5. The Hall–Kier alpha value is -3.39. The van der Waals surface area contributed by atoms with Crippen LogP contribution in [0.4, 0.5) is 0 Å². The number of amides is 1. The Morgan fingerprint density at radius 3 is 2.79 bits per heavy atom. The molecule has 3 aromatic rings. The second-order valence-electron chi connectivity index (χ2n) is 6.65. The number of para-hydroxylation sites is 3. The normalized spacial score (nSPS) is 15.3. The van der Waals surface area contributed by atoms with Crippen LogP contribution in [-0.4, -0.2) is 53.7 Å². The summed E-state index contributed by atoms with van der Waals surface area (Å²) in [4.78, 5) is 34.2. The van der Waals surface area contributed by atoms with Gasteiger partial charge in [0, 0.05) is 13.7 Å². The van der Waals surface area contributed by atoms with Crippen LogP contribution < -0.4 is 15.0 Å². The van der Waals surface area contributed by atoms with Gasteiger partial charge in [-0.1, -0.05) is 24.3 Å². The summed E-state index contributed by atoms with van der Waals surface area (Å²) in [7, 11) is 1.56. The van der Waals surface area contributed by atoms with Crippen molar-refractivity contribution >= 4 is 16.8 Å². The van der Waals surface area contributed by atoms with Gasteiger partial charge in [-0.2, -0.15) is 0 Å². The molecule has 2 heterocycles. The first-order chi connectivity index (χ1) is 14.2. The number of hydrogen-bond donors (Lipinski definition) is 1. The molecule has 1 aliphatic rings. The van der Waals surface area contributed by atoms with Crippen LogP contribution >= 0.6 is 0 Å². The van der Waals surface area contributed by atoms with E-state index in [1.165, 1.54) is 0 Å². The van der Waals surface area contributed by atoms with Gasteiger partial charge in [0.05, 0.1) is 24.1 Å². The number of aromatic amines is 1. The monoisotopic (exact) mass is 395 g/mol. The van der Waals surface area contributed by atoms with Gasteiger partial charge in [0.15, 0.2) is 11.5 Å². The zero-order valence-electron chi connectivity index (χ0n) is 16.0. The van der Waals surface area contributed by atoms with Crippen LogP contribution in [0.15, 0.2) is 53.3 Å². The van der Waals surface area contributed by atoms with Gasteiger partial charge < -0.3 is 24.1 Å². The summed E-state index contributed by atoms with van der Waals surface area (Å²) < 4.78 is 16.6. The van der Waals surface area contributed by atoms with Crippen LogP contribution in [0.1, 0.15) is 5.82 Å². The van der Waals surface area contributed by atoms with Gasteiger partial charge >= 0.3 is 0 Å². The number of nitrogens with one attached hydrogen (secondary N) is 1. The molecule has 0 saturated heterocycles. The van der Waals surface area contributed by atoms with E-state index in [0.29, 0.717) is 41.4 Å². The number of rotatable bonds is 6. The lowest BCUT2D eigenvalue weighted by Crippen LogP contribution is -2.47. The Morgan fingerprint density at radius 1 is 1.21 bits per heavy atom. The van der Waals surface area contributed by atoms with E-state index in [1.807, 2.05) is 18.2 Å². The van der Waals surface area contributed by atoms with Gasteiger partial charge in [0.1, 0.15) is 12.4 Å². The Morgan fingerprint density at radius 2 is 1.97 bits per heavy atom. The molecule has 4 rings (SSSR count). The van der Waals surface area contributed by atoms with Gasteiger partial charge in [-0.3, -0.25) is 9.59 Å². The van der Waals surface area contributed by atoms with E-state index in [2.05, 4.69) is 9.97 Å². The minimum atomic E-state index is -0.783. The first-order valence-electron chi connectivity index (χ1n) is 9.30. The Kier molecular flexibility index (Phi) is 5.44. The molecule has 150 valence electrons. The fourth-order valence-corrected chi connectivity index (χ4v) is 3.20. The number of aromatic nitrogens is 2. The van der Waals surface area contributed by atoms with Gasteiger partial charge in [0.25, 0.3) is 11.5 Å². The minimum absolute atomic E-state index is 0.112. The fraction of sp³-hybridized carbons (Fsp3) is 0.286. The van der Waals surface area contributed by atoms with Crippen LogP contribution in [0.2, 0.25) is 0 Å². The molecule has 1 aliphatic heterocycles. The molecule has 29 heavy (non-hydrogen) atoms. The highest BCUT2D eigenvalue weighted by molar-refractivity contribution is 5.82. The molecule has 1 unspecified atom stereocenters. The van der Waals surface area contributed by atoms with Crippen molar-refractivity contribution in [2.24, 2.45) is 0 Å². The van der Waals surface area contributed by atoms with Gasteiger partial charge in [-0.25, -0.2) is 4.98 Å². The highest BCUT2D eigenvalue weighted by Crippen LogP contribution is 2.31. The third kappa shape index (κ3) is 4.07.